The minimum Gasteiger partial charge on any atom is -0.486 e. The first-order valence-electron chi connectivity index (χ1n) is 9.65. The first-order chi connectivity index (χ1) is 14.1. The Morgan fingerprint density at radius 3 is 2.83 bits per heavy atom. The minimum absolute atomic E-state index is 0.148. The zero-order valence-corrected chi connectivity index (χ0v) is 16.2. The number of anilines is 1. The Balaban J connectivity index is 1.46. The molecule has 4 rings (SSSR count). The third kappa shape index (κ3) is 4.26. The highest BCUT2D eigenvalue weighted by molar-refractivity contribution is 5.92. The number of hydrogen-bond acceptors (Lipinski definition) is 6. The number of aromatic nitrogens is 1. The quantitative estimate of drug-likeness (QED) is 0.857. The summed E-state index contributed by atoms with van der Waals surface area (Å²) < 4.78 is 15.9. The lowest BCUT2D eigenvalue weighted by Crippen LogP contribution is -2.43. The van der Waals surface area contributed by atoms with E-state index in [1.807, 2.05) is 30.3 Å². The summed E-state index contributed by atoms with van der Waals surface area (Å²) in [5, 5.41) is 2.88. The Morgan fingerprint density at radius 2 is 2.00 bits per heavy atom. The van der Waals surface area contributed by atoms with E-state index in [2.05, 4.69) is 10.3 Å². The zero-order valence-electron chi connectivity index (χ0n) is 16.2. The van der Waals surface area contributed by atoms with E-state index in [0.717, 1.165) is 29.8 Å². The SMILES string of the molecule is COC(=O)N1CCC[C@@H](C(=O)Nc2cccc(-c3ccc4c(c3)OCCO4)n2)C1. The van der Waals surface area contributed by atoms with Gasteiger partial charge < -0.3 is 24.4 Å². The van der Waals surface area contributed by atoms with E-state index in [4.69, 9.17) is 14.2 Å². The summed E-state index contributed by atoms with van der Waals surface area (Å²) in [5.41, 5.74) is 1.60. The Morgan fingerprint density at radius 1 is 1.17 bits per heavy atom. The van der Waals surface area contributed by atoms with E-state index >= 15 is 0 Å². The number of carbonyl (C=O) groups is 2. The molecule has 152 valence electrons. The van der Waals surface area contributed by atoms with Crippen molar-refractivity contribution in [3.05, 3.63) is 36.4 Å². The molecule has 2 aliphatic rings. The van der Waals surface area contributed by atoms with Crippen LogP contribution in [0.25, 0.3) is 11.3 Å². The van der Waals surface area contributed by atoms with Crippen molar-refractivity contribution in [1.29, 1.82) is 0 Å². The molecular formula is C21H23N3O5. The van der Waals surface area contributed by atoms with Gasteiger partial charge in [-0.1, -0.05) is 6.07 Å². The lowest BCUT2D eigenvalue weighted by molar-refractivity contribution is -0.121. The molecule has 1 N–H and O–H groups in total. The van der Waals surface area contributed by atoms with Crippen LogP contribution in [0.4, 0.5) is 10.6 Å². The topological polar surface area (TPSA) is 90.0 Å². The van der Waals surface area contributed by atoms with Crippen molar-refractivity contribution in [2.75, 3.05) is 38.7 Å². The highest BCUT2D eigenvalue weighted by Crippen LogP contribution is 2.34. The maximum Gasteiger partial charge on any atom is 0.409 e. The van der Waals surface area contributed by atoms with Gasteiger partial charge in [-0.05, 0) is 43.2 Å². The molecule has 2 aromatic rings. The second-order valence-corrected chi connectivity index (χ2v) is 7.01. The van der Waals surface area contributed by atoms with Crippen LogP contribution in [-0.2, 0) is 9.53 Å². The van der Waals surface area contributed by atoms with Crippen molar-refractivity contribution < 1.29 is 23.8 Å². The molecule has 0 unspecified atom stereocenters. The van der Waals surface area contributed by atoms with Crippen LogP contribution in [0.5, 0.6) is 11.5 Å². The largest absolute Gasteiger partial charge is 0.486 e. The molecular weight excluding hydrogens is 374 g/mol. The normalized spacial score (nSPS) is 18.1. The number of rotatable bonds is 3. The smallest absolute Gasteiger partial charge is 0.409 e. The second kappa shape index (κ2) is 8.38. The van der Waals surface area contributed by atoms with Gasteiger partial charge in [0.25, 0.3) is 0 Å². The molecule has 1 saturated heterocycles. The van der Waals surface area contributed by atoms with Crippen LogP contribution < -0.4 is 14.8 Å². The maximum atomic E-state index is 12.7. The first-order valence-corrected chi connectivity index (χ1v) is 9.65. The van der Waals surface area contributed by atoms with Gasteiger partial charge in [-0.25, -0.2) is 9.78 Å². The monoisotopic (exact) mass is 397 g/mol. The van der Waals surface area contributed by atoms with Gasteiger partial charge in [0.1, 0.15) is 19.0 Å². The lowest BCUT2D eigenvalue weighted by Gasteiger charge is -2.30. The molecule has 3 heterocycles. The third-order valence-electron chi connectivity index (χ3n) is 5.06. The average molecular weight is 397 g/mol. The maximum absolute atomic E-state index is 12.7. The standard InChI is InChI=1S/C21H23N3O5/c1-27-21(26)24-9-3-4-15(13-24)20(25)23-19-6-2-5-16(22-19)14-7-8-17-18(12-14)29-11-10-28-17/h2,5-8,12,15H,3-4,9-11,13H2,1H3,(H,22,23,25)/t15-/m1/s1. The lowest BCUT2D eigenvalue weighted by atomic mass is 9.97. The number of pyridine rings is 1. The number of hydrogen-bond donors (Lipinski definition) is 1. The molecule has 1 atom stereocenters. The minimum atomic E-state index is -0.402. The van der Waals surface area contributed by atoms with Crippen molar-refractivity contribution in [2.24, 2.45) is 5.92 Å². The molecule has 1 fully saturated rings. The molecule has 1 aromatic carbocycles. The van der Waals surface area contributed by atoms with E-state index in [1.165, 1.54) is 7.11 Å². The Bertz CT molecular complexity index is 917. The number of likely N-dealkylation sites (tertiary alicyclic amines) is 1. The highest BCUT2D eigenvalue weighted by Gasteiger charge is 2.29. The molecule has 0 spiro atoms. The van der Waals surface area contributed by atoms with Gasteiger partial charge in [0, 0.05) is 18.7 Å². The van der Waals surface area contributed by atoms with Crippen LogP contribution in [0.2, 0.25) is 0 Å². The summed E-state index contributed by atoms with van der Waals surface area (Å²) in [5.74, 6) is 1.44. The summed E-state index contributed by atoms with van der Waals surface area (Å²) in [6.07, 6.45) is 1.08. The van der Waals surface area contributed by atoms with E-state index in [1.54, 1.807) is 11.0 Å². The van der Waals surface area contributed by atoms with Gasteiger partial charge in [0.05, 0.1) is 18.7 Å². The van der Waals surface area contributed by atoms with Crippen LogP contribution in [0.1, 0.15) is 12.8 Å². The molecule has 0 radical (unpaired) electrons. The van der Waals surface area contributed by atoms with Gasteiger partial charge in [0.15, 0.2) is 11.5 Å². The molecule has 0 bridgehead atoms. The Labute approximate surface area is 168 Å². The van der Waals surface area contributed by atoms with Crippen LogP contribution in [-0.4, -0.2) is 55.3 Å². The number of carbonyl (C=O) groups excluding carboxylic acids is 2. The number of fused-ring (bicyclic) bond motifs is 1. The molecule has 2 aliphatic heterocycles. The summed E-state index contributed by atoms with van der Waals surface area (Å²) in [6.45, 7) is 2.01. The molecule has 29 heavy (non-hydrogen) atoms. The van der Waals surface area contributed by atoms with Crippen LogP contribution >= 0.6 is 0 Å². The molecule has 8 heteroatoms. The Hall–Kier alpha value is -3.29. The van der Waals surface area contributed by atoms with Crippen molar-refractivity contribution in [3.63, 3.8) is 0 Å². The second-order valence-electron chi connectivity index (χ2n) is 7.01. The Kier molecular flexibility index (Phi) is 5.50. The molecule has 8 nitrogen and oxygen atoms in total. The molecule has 2 amide bonds. The summed E-state index contributed by atoms with van der Waals surface area (Å²) in [6, 6.07) is 11.1. The van der Waals surface area contributed by atoms with Crippen molar-refractivity contribution >= 4 is 17.8 Å². The first kappa shape index (κ1) is 19.0. The number of methoxy groups -OCH3 is 1. The van der Waals surface area contributed by atoms with Crippen LogP contribution in [0.15, 0.2) is 36.4 Å². The van der Waals surface area contributed by atoms with Gasteiger partial charge in [-0.15, -0.1) is 0 Å². The summed E-state index contributed by atoms with van der Waals surface area (Å²) in [4.78, 5) is 30.6. The van der Waals surface area contributed by atoms with Crippen molar-refractivity contribution in [1.82, 2.24) is 9.88 Å². The molecule has 1 aromatic heterocycles. The van der Waals surface area contributed by atoms with E-state index in [0.29, 0.717) is 37.9 Å². The average Bonchev–Trinajstić information content (AvgIpc) is 2.78. The highest BCUT2D eigenvalue weighted by atomic mass is 16.6. The number of ether oxygens (including phenoxy) is 3. The number of nitrogens with one attached hydrogen (secondary N) is 1. The number of piperidine rings is 1. The molecule has 0 saturated carbocycles. The number of benzene rings is 1. The fourth-order valence-corrected chi connectivity index (χ4v) is 3.58. The van der Waals surface area contributed by atoms with E-state index in [9.17, 15) is 9.59 Å². The van der Waals surface area contributed by atoms with Gasteiger partial charge in [-0.2, -0.15) is 0 Å². The van der Waals surface area contributed by atoms with E-state index in [-0.39, 0.29) is 11.8 Å². The predicted molar refractivity (Wildman–Crippen MR) is 106 cm³/mol. The van der Waals surface area contributed by atoms with E-state index < -0.39 is 6.09 Å². The summed E-state index contributed by atoms with van der Waals surface area (Å²) >= 11 is 0. The number of nitrogens with zero attached hydrogens (tertiary/aromatic N) is 2. The molecule has 0 aliphatic carbocycles. The fourth-order valence-electron chi connectivity index (χ4n) is 3.58. The van der Waals surface area contributed by atoms with Gasteiger partial charge >= 0.3 is 6.09 Å². The number of amides is 2. The van der Waals surface area contributed by atoms with Crippen molar-refractivity contribution in [2.45, 2.75) is 12.8 Å². The summed E-state index contributed by atoms with van der Waals surface area (Å²) in [7, 11) is 1.35. The van der Waals surface area contributed by atoms with Gasteiger partial charge in [0.2, 0.25) is 5.91 Å². The zero-order chi connectivity index (χ0) is 20.2. The third-order valence-corrected chi connectivity index (χ3v) is 5.06. The fraction of sp³-hybridized carbons (Fsp3) is 0.381. The predicted octanol–water partition coefficient (Wildman–Crippen LogP) is 2.94. The van der Waals surface area contributed by atoms with Crippen LogP contribution in [0, 0.1) is 5.92 Å². The van der Waals surface area contributed by atoms with Gasteiger partial charge in [-0.3, -0.25) is 4.79 Å². The van der Waals surface area contributed by atoms with Crippen LogP contribution in [0.3, 0.4) is 0 Å². The van der Waals surface area contributed by atoms with Crippen molar-refractivity contribution in [3.8, 4) is 22.8 Å².